The molecule has 2 fully saturated rings. The number of likely N-dealkylation sites (tertiary alicyclic amines) is 1. The van der Waals surface area contributed by atoms with Crippen LogP contribution in [0.25, 0.3) is 0 Å². The van der Waals surface area contributed by atoms with E-state index in [1.54, 1.807) is 19.2 Å². The zero-order valence-electron chi connectivity index (χ0n) is 18.7. The molecule has 3 atom stereocenters. The molecule has 3 unspecified atom stereocenters. The largest absolute Gasteiger partial charge is 0.493 e. The highest BCUT2D eigenvalue weighted by Gasteiger charge is 2.50. The molecule has 0 aromatic heterocycles. The molecule has 8 nitrogen and oxygen atoms in total. The summed E-state index contributed by atoms with van der Waals surface area (Å²) in [5.74, 6) is 0.745. The number of nitrogens with zero attached hydrogens (tertiary/aromatic N) is 2. The molecule has 0 radical (unpaired) electrons. The molecule has 32 heavy (non-hydrogen) atoms. The SMILES string of the molecule is COc1ccc(CCNC(=O)C2CN(C)CC3C(=O)N(c4ccccc4)NC23)cc1OC. The number of amides is 2. The number of nitrogens with one attached hydrogen (secondary N) is 2. The second-order valence-corrected chi connectivity index (χ2v) is 8.33. The van der Waals surface area contributed by atoms with Crippen molar-refractivity contribution in [3.63, 3.8) is 0 Å². The van der Waals surface area contributed by atoms with Gasteiger partial charge in [0.05, 0.1) is 37.8 Å². The van der Waals surface area contributed by atoms with Gasteiger partial charge in [-0.2, -0.15) is 0 Å². The molecule has 2 aromatic carbocycles. The van der Waals surface area contributed by atoms with Gasteiger partial charge >= 0.3 is 0 Å². The standard InChI is InChI=1S/C24H30N4O4/c1-27-14-18(22-19(15-27)24(30)28(26-22)17-7-5-4-6-8-17)23(29)25-12-11-16-9-10-20(31-2)21(13-16)32-3/h4-10,13,18-19,22,26H,11-12,14-15H2,1-3H3,(H,25,29). The topological polar surface area (TPSA) is 83.1 Å². The average molecular weight is 439 g/mol. The van der Waals surface area contributed by atoms with Gasteiger partial charge in [-0.3, -0.25) is 9.59 Å². The molecule has 2 N–H and O–H groups in total. The number of piperidine rings is 1. The van der Waals surface area contributed by atoms with Crippen molar-refractivity contribution in [2.45, 2.75) is 12.5 Å². The van der Waals surface area contributed by atoms with Crippen LogP contribution in [0.15, 0.2) is 48.5 Å². The Hall–Kier alpha value is -3.10. The molecule has 170 valence electrons. The molecular formula is C24H30N4O4. The van der Waals surface area contributed by atoms with Crippen molar-refractivity contribution >= 4 is 17.5 Å². The van der Waals surface area contributed by atoms with Gasteiger partial charge in [0.1, 0.15) is 0 Å². The maximum Gasteiger partial charge on any atom is 0.247 e. The van der Waals surface area contributed by atoms with Crippen molar-refractivity contribution < 1.29 is 19.1 Å². The molecule has 2 heterocycles. The fourth-order valence-electron chi connectivity index (χ4n) is 4.57. The second kappa shape index (κ2) is 9.58. The van der Waals surface area contributed by atoms with E-state index in [2.05, 4.69) is 15.6 Å². The van der Waals surface area contributed by atoms with Gasteiger partial charge in [0.15, 0.2) is 11.5 Å². The van der Waals surface area contributed by atoms with E-state index < -0.39 is 0 Å². The van der Waals surface area contributed by atoms with Crippen molar-refractivity contribution in [1.29, 1.82) is 0 Å². The first-order valence-corrected chi connectivity index (χ1v) is 10.8. The summed E-state index contributed by atoms with van der Waals surface area (Å²) in [6.45, 7) is 1.74. The quantitative estimate of drug-likeness (QED) is 0.681. The summed E-state index contributed by atoms with van der Waals surface area (Å²) in [4.78, 5) is 28.2. The van der Waals surface area contributed by atoms with Gasteiger partial charge in [-0.25, -0.2) is 10.4 Å². The summed E-state index contributed by atoms with van der Waals surface area (Å²) in [7, 11) is 5.17. The van der Waals surface area contributed by atoms with E-state index in [9.17, 15) is 9.59 Å². The highest BCUT2D eigenvalue weighted by Crippen LogP contribution is 2.31. The predicted molar refractivity (Wildman–Crippen MR) is 122 cm³/mol. The van der Waals surface area contributed by atoms with E-state index in [1.807, 2.05) is 55.6 Å². The Morgan fingerprint density at radius 1 is 1.09 bits per heavy atom. The number of benzene rings is 2. The number of ether oxygens (including phenoxy) is 2. The first-order chi connectivity index (χ1) is 15.5. The first-order valence-electron chi connectivity index (χ1n) is 10.8. The Balaban J connectivity index is 1.40. The molecule has 2 amide bonds. The summed E-state index contributed by atoms with van der Waals surface area (Å²) in [5, 5.41) is 4.66. The van der Waals surface area contributed by atoms with Crippen LogP contribution in [0.5, 0.6) is 11.5 Å². The third-order valence-corrected chi connectivity index (χ3v) is 6.21. The number of hydrogen-bond acceptors (Lipinski definition) is 6. The molecule has 2 aliphatic rings. The third kappa shape index (κ3) is 4.42. The monoisotopic (exact) mass is 438 g/mol. The Labute approximate surface area is 188 Å². The molecule has 0 bridgehead atoms. The van der Waals surface area contributed by atoms with Crippen LogP contribution in [-0.4, -0.2) is 63.7 Å². The van der Waals surface area contributed by atoms with Gasteiger partial charge in [-0.1, -0.05) is 24.3 Å². The number of methoxy groups -OCH3 is 2. The lowest BCUT2D eigenvalue weighted by Crippen LogP contribution is -2.56. The Morgan fingerprint density at radius 3 is 2.56 bits per heavy atom. The second-order valence-electron chi connectivity index (χ2n) is 8.33. The third-order valence-electron chi connectivity index (χ3n) is 6.21. The number of anilines is 1. The van der Waals surface area contributed by atoms with E-state index in [0.717, 1.165) is 11.3 Å². The van der Waals surface area contributed by atoms with Crippen LogP contribution in [0.3, 0.4) is 0 Å². The van der Waals surface area contributed by atoms with Crippen molar-refractivity contribution in [3.8, 4) is 11.5 Å². The molecular weight excluding hydrogens is 408 g/mol. The van der Waals surface area contributed by atoms with Gasteiger partial charge in [0.25, 0.3) is 0 Å². The van der Waals surface area contributed by atoms with Crippen LogP contribution in [0.1, 0.15) is 5.56 Å². The Kier molecular flexibility index (Phi) is 6.62. The highest BCUT2D eigenvalue weighted by atomic mass is 16.5. The zero-order valence-corrected chi connectivity index (χ0v) is 18.7. The van der Waals surface area contributed by atoms with Gasteiger partial charge in [-0.15, -0.1) is 0 Å². The first kappa shape index (κ1) is 22.1. The molecule has 0 aliphatic carbocycles. The van der Waals surface area contributed by atoms with Gasteiger partial charge in [0.2, 0.25) is 11.8 Å². The number of hydrogen-bond donors (Lipinski definition) is 2. The Morgan fingerprint density at radius 2 is 1.84 bits per heavy atom. The van der Waals surface area contributed by atoms with Crippen LogP contribution >= 0.6 is 0 Å². The maximum atomic E-state index is 13.1. The Bertz CT molecular complexity index is 968. The lowest BCUT2D eigenvalue weighted by atomic mass is 9.84. The molecule has 2 aliphatic heterocycles. The minimum atomic E-state index is -0.318. The number of carbonyl (C=O) groups is 2. The van der Waals surface area contributed by atoms with Crippen LogP contribution in [-0.2, 0) is 16.0 Å². The molecule has 2 saturated heterocycles. The van der Waals surface area contributed by atoms with Gasteiger partial charge < -0.3 is 19.7 Å². The van der Waals surface area contributed by atoms with Crippen LogP contribution in [0, 0.1) is 11.8 Å². The smallest absolute Gasteiger partial charge is 0.247 e. The van der Waals surface area contributed by atoms with Crippen LogP contribution < -0.4 is 25.2 Å². The fourth-order valence-corrected chi connectivity index (χ4v) is 4.57. The minimum Gasteiger partial charge on any atom is -0.493 e. The van der Waals surface area contributed by atoms with Crippen molar-refractivity contribution in [2.24, 2.45) is 11.8 Å². The average Bonchev–Trinajstić information content (AvgIpc) is 3.15. The number of fused-ring (bicyclic) bond motifs is 1. The van der Waals surface area contributed by atoms with E-state index in [0.29, 0.717) is 37.6 Å². The lowest BCUT2D eigenvalue weighted by molar-refractivity contribution is -0.129. The number of hydrazine groups is 1. The summed E-state index contributed by atoms with van der Waals surface area (Å²) in [6.07, 6.45) is 0.672. The summed E-state index contributed by atoms with van der Waals surface area (Å²) < 4.78 is 10.6. The molecule has 8 heteroatoms. The predicted octanol–water partition coefficient (Wildman–Crippen LogP) is 1.46. The van der Waals surface area contributed by atoms with Crippen LogP contribution in [0.2, 0.25) is 0 Å². The van der Waals surface area contributed by atoms with Crippen molar-refractivity contribution in [3.05, 3.63) is 54.1 Å². The molecule has 4 rings (SSSR count). The fraction of sp³-hybridized carbons (Fsp3) is 0.417. The lowest BCUT2D eigenvalue weighted by Gasteiger charge is -2.36. The minimum absolute atomic E-state index is 0.0101. The molecule has 0 spiro atoms. The number of carbonyl (C=O) groups excluding carboxylic acids is 2. The summed E-state index contributed by atoms with van der Waals surface area (Å²) >= 11 is 0. The van der Waals surface area contributed by atoms with E-state index in [4.69, 9.17) is 9.47 Å². The van der Waals surface area contributed by atoms with E-state index >= 15 is 0 Å². The normalized spacial score (nSPS) is 23.0. The molecule has 2 aromatic rings. The number of para-hydroxylation sites is 1. The summed E-state index contributed by atoms with van der Waals surface area (Å²) in [6, 6.07) is 15.0. The van der Waals surface area contributed by atoms with E-state index in [-0.39, 0.29) is 29.7 Å². The van der Waals surface area contributed by atoms with Gasteiger partial charge in [-0.05, 0) is 43.3 Å². The summed E-state index contributed by atoms with van der Waals surface area (Å²) in [5.41, 5.74) is 5.15. The molecule has 0 saturated carbocycles. The van der Waals surface area contributed by atoms with Crippen molar-refractivity contribution in [1.82, 2.24) is 15.6 Å². The van der Waals surface area contributed by atoms with Crippen LogP contribution in [0.4, 0.5) is 5.69 Å². The zero-order chi connectivity index (χ0) is 22.7. The number of rotatable bonds is 7. The maximum absolute atomic E-state index is 13.1. The van der Waals surface area contributed by atoms with Gasteiger partial charge in [0, 0.05) is 19.6 Å². The highest BCUT2D eigenvalue weighted by molar-refractivity contribution is 5.98. The van der Waals surface area contributed by atoms with Crippen molar-refractivity contribution in [2.75, 3.05) is 45.9 Å². The van der Waals surface area contributed by atoms with E-state index in [1.165, 1.54) is 0 Å².